The van der Waals surface area contributed by atoms with Crippen molar-refractivity contribution in [3.05, 3.63) is 42.1 Å². The second kappa shape index (κ2) is 8.95. The summed E-state index contributed by atoms with van der Waals surface area (Å²) in [5.41, 5.74) is 1.75. The fourth-order valence-corrected chi connectivity index (χ4v) is 1.88. The summed E-state index contributed by atoms with van der Waals surface area (Å²) < 4.78 is 5.86. The molecule has 0 radical (unpaired) electrons. The van der Waals surface area contributed by atoms with Crippen LogP contribution in [0.25, 0.3) is 0 Å². The molecule has 0 saturated carbocycles. The molecule has 2 rings (SSSR count). The molecule has 1 N–H and O–H groups in total. The number of aliphatic imine (C=N–C) groups is 1. The number of nitrogens with zero attached hydrogens (tertiary/aromatic N) is 1. The average Bonchev–Trinajstić information content (AvgIpc) is 2.76. The molecular weight excluding hydrogens is 264 g/mol. The highest BCUT2D eigenvalue weighted by Crippen LogP contribution is 2.17. The van der Waals surface area contributed by atoms with Gasteiger partial charge in [-0.1, -0.05) is 31.5 Å². The zero-order chi connectivity index (χ0) is 15.7. The standard InChI is InChI=1S/C15H18N2O2.C2H6/c1-11-3-5-12(6-4-11)19-13-7-8-14(15(18)16-2)17-10-9-13;1-2/h3-6,9-10,13H,7-8H2,1-2H3,(H,16,18);1-2H3. The number of hydrogen-bond acceptors (Lipinski definition) is 3. The fraction of sp³-hybridized carbons (Fsp3) is 0.412. The van der Waals surface area contributed by atoms with Gasteiger partial charge in [0, 0.05) is 13.2 Å². The summed E-state index contributed by atoms with van der Waals surface area (Å²) in [6, 6.07) is 7.94. The third-order valence-electron chi connectivity index (χ3n) is 2.99. The van der Waals surface area contributed by atoms with Gasteiger partial charge >= 0.3 is 0 Å². The molecule has 0 fully saturated rings. The third-order valence-corrected chi connectivity index (χ3v) is 2.99. The lowest BCUT2D eigenvalue weighted by Crippen LogP contribution is -2.28. The van der Waals surface area contributed by atoms with Gasteiger partial charge in [-0.05, 0) is 38.0 Å². The molecule has 4 heteroatoms. The van der Waals surface area contributed by atoms with Crippen LogP contribution in [-0.2, 0) is 4.79 Å². The normalized spacial score (nSPS) is 17.0. The van der Waals surface area contributed by atoms with E-state index in [9.17, 15) is 4.79 Å². The third kappa shape index (κ3) is 5.42. The SMILES string of the molecule is CC.CNC(=O)C1=NC=CC(Oc2ccc(C)cc2)CC1. The van der Waals surface area contributed by atoms with Gasteiger partial charge in [-0.3, -0.25) is 9.79 Å². The van der Waals surface area contributed by atoms with E-state index in [0.29, 0.717) is 12.1 Å². The van der Waals surface area contributed by atoms with Gasteiger partial charge in [-0.25, -0.2) is 0 Å². The molecule has 0 bridgehead atoms. The van der Waals surface area contributed by atoms with Gasteiger partial charge in [0.1, 0.15) is 17.6 Å². The molecule has 0 spiro atoms. The summed E-state index contributed by atoms with van der Waals surface area (Å²) in [4.78, 5) is 15.6. The number of carbonyl (C=O) groups excluding carboxylic acids is 1. The minimum atomic E-state index is -0.124. The van der Waals surface area contributed by atoms with Gasteiger partial charge in [0.25, 0.3) is 5.91 Å². The van der Waals surface area contributed by atoms with Crippen molar-refractivity contribution in [2.45, 2.75) is 39.7 Å². The van der Waals surface area contributed by atoms with E-state index in [1.165, 1.54) is 5.56 Å². The number of benzene rings is 1. The van der Waals surface area contributed by atoms with Crippen LogP contribution in [0.15, 0.2) is 41.5 Å². The summed E-state index contributed by atoms with van der Waals surface area (Å²) in [7, 11) is 1.61. The highest BCUT2D eigenvalue weighted by molar-refractivity contribution is 6.39. The molecule has 1 aliphatic heterocycles. The van der Waals surface area contributed by atoms with Crippen molar-refractivity contribution in [3.63, 3.8) is 0 Å². The minimum Gasteiger partial charge on any atom is -0.486 e. The maximum Gasteiger partial charge on any atom is 0.265 e. The van der Waals surface area contributed by atoms with Gasteiger partial charge < -0.3 is 10.1 Å². The number of amides is 1. The van der Waals surface area contributed by atoms with Gasteiger partial charge in [-0.15, -0.1) is 0 Å². The van der Waals surface area contributed by atoms with Gasteiger partial charge in [0.05, 0.1) is 0 Å². The van der Waals surface area contributed by atoms with Crippen LogP contribution in [0.3, 0.4) is 0 Å². The second-order valence-corrected chi connectivity index (χ2v) is 4.50. The summed E-state index contributed by atoms with van der Waals surface area (Å²) in [5, 5.41) is 2.59. The first-order chi connectivity index (χ1) is 10.2. The number of aryl methyl sites for hydroxylation is 1. The van der Waals surface area contributed by atoms with E-state index in [4.69, 9.17) is 4.74 Å². The number of nitrogens with one attached hydrogen (secondary N) is 1. The summed E-state index contributed by atoms with van der Waals surface area (Å²) >= 11 is 0. The van der Waals surface area contributed by atoms with Crippen LogP contribution in [-0.4, -0.2) is 24.8 Å². The van der Waals surface area contributed by atoms with Crippen molar-refractivity contribution in [1.29, 1.82) is 0 Å². The van der Waals surface area contributed by atoms with Gasteiger partial charge in [-0.2, -0.15) is 0 Å². The van der Waals surface area contributed by atoms with Gasteiger partial charge in [0.2, 0.25) is 0 Å². The molecule has 1 unspecified atom stereocenters. The Morgan fingerprint density at radius 1 is 1.29 bits per heavy atom. The molecule has 1 atom stereocenters. The van der Waals surface area contributed by atoms with Crippen LogP contribution in [0, 0.1) is 6.92 Å². The van der Waals surface area contributed by atoms with Crippen LogP contribution < -0.4 is 10.1 Å². The lowest BCUT2D eigenvalue weighted by atomic mass is 10.1. The Bertz CT molecular complexity index is 504. The van der Waals surface area contributed by atoms with Crippen molar-refractivity contribution < 1.29 is 9.53 Å². The molecule has 1 heterocycles. The Morgan fingerprint density at radius 3 is 2.57 bits per heavy atom. The minimum absolute atomic E-state index is 0.0476. The Labute approximate surface area is 126 Å². The quantitative estimate of drug-likeness (QED) is 0.928. The number of hydrogen-bond donors (Lipinski definition) is 1. The monoisotopic (exact) mass is 288 g/mol. The van der Waals surface area contributed by atoms with Crippen LogP contribution >= 0.6 is 0 Å². The molecule has 1 aromatic carbocycles. The zero-order valence-corrected chi connectivity index (χ0v) is 13.2. The molecular formula is C17H24N2O2. The van der Waals surface area contributed by atoms with Crippen molar-refractivity contribution in [1.82, 2.24) is 5.32 Å². The highest BCUT2D eigenvalue weighted by atomic mass is 16.5. The van der Waals surface area contributed by atoms with E-state index >= 15 is 0 Å². The van der Waals surface area contributed by atoms with Crippen molar-refractivity contribution in [2.75, 3.05) is 7.05 Å². The lowest BCUT2D eigenvalue weighted by Gasteiger charge is -2.14. The first-order valence-electron chi connectivity index (χ1n) is 7.38. The number of carbonyl (C=O) groups is 1. The molecule has 1 aliphatic rings. The zero-order valence-electron chi connectivity index (χ0n) is 13.2. The lowest BCUT2D eigenvalue weighted by molar-refractivity contribution is -0.114. The summed E-state index contributed by atoms with van der Waals surface area (Å²) in [5.74, 6) is 0.712. The van der Waals surface area contributed by atoms with E-state index in [-0.39, 0.29) is 12.0 Å². The van der Waals surface area contributed by atoms with Crippen LogP contribution in [0.2, 0.25) is 0 Å². The molecule has 4 nitrogen and oxygen atoms in total. The van der Waals surface area contributed by atoms with Crippen LogP contribution in [0.5, 0.6) is 5.75 Å². The molecule has 1 amide bonds. The van der Waals surface area contributed by atoms with E-state index in [1.807, 2.05) is 51.1 Å². The second-order valence-electron chi connectivity index (χ2n) is 4.50. The smallest absolute Gasteiger partial charge is 0.265 e. The predicted molar refractivity (Wildman–Crippen MR) is 86.8 cm³/mol. The van der Waals surface area contributed by atoms with Crippen LogP contribution in [0.4, 0.5) is 0 Å². The van der Waals surface area contributed by atoms with E-state index in [2.05, 4.69) is 10.3 Å². The molecule has 114 valence electrons. The van der Waals surface area contributed by atoms with E-state index < -0.39 is 0 Å². The summed E-state index contributed by atoms with van der Waals surface area (Å²) in [6.45, 7) is 6.04. The Morgan fingerprint density at radius 2 is 1.95 bits per heavy atom. The average molecular weight is 288 g/mol. The molecule has 0 aliphatic carbocycles. The summed E-state index contributed by atoms with van der Waals surface area (Å²) in [6.07, 6.45) is 4.85. The Hall–Kier alpha value is -2.10. The molecule has 21 heavy (non-hydrogen) atoms. The first kappa shape index (κ1) is 17.0. The number of rotatable bonds is 3. The van der Waals surface area contributed by atoms with Crippen molar-refractivity contribution >= 4 is 11.6 Å². The molecule has 1 aromatic rings. The maximum absolute atomic E-state index is 11.5. The molecule has 0 aromatic heterocycles. The topological polar surface area (TPSA) is 50.7 Å². The largest absolute Gasteiger partial charge is 0.486 e. The Balaban J connectivity index is 0.00000106. The first-order valence-corrected chi connectivity index (χ1v) is 7.38. The Kier molecular flexibility index (Phi) is 7.23. The number of ether oxygens (including phenoxy) is 1. The van der Waals surface area contributed by atoms with E-state index in [1.54, 1.807) is 13.2 Å². The predicted octanol–water partition coefficient (Wildman–Crippen LogP) is 3.26. The van der Waals surface area contributed by atoms with Crippen molar-refractivity contribution in [3.8, 4) is 5.75 Å². The maximum atomic E-state index is 11.5. The highest BCUT2D eigenvalue weighted by Gasteiger charge is 2.16. The fourth-order valence-electron chi connectivity index (χ4n) is 1.88. The van der Waals surface area contributed by atoms with Gasteiger partial charge in [0.15, 0.2) is 0 Å². The molecule has 0 saturated heterocycles. The van der Waals surface area contributed by atoms with E-state index in [0.717, 1.165) is 12.2 Å². The van der Waals surface area contributed by atoms with Crippen LogP contribution in [0.1, 0.15) is 32.3 Å². The van der Waals surface area contributed by atoms with Crippen molar-refractivity contribution in [2.24, 2.45) is 4.99 Å².